The minimum absolute atomic E-state index is 0.0526. The van der Waals surface area contributed by atoms with Gasteiger partial charge in [-0.25, -0.2) is 12.8 Å². The first-order valence-electron chi connectivity index (χ1n) is 8.77. The van der Waals surface area contributed by atoms with Crippen LogP contribution in [0.3, 0.4) is 0 Å². The van der Waals surface area contributed by atoms with E-state index in [1.54, 1.807) is 6.92 Å². The van der Waals surface area contributed by atoms with Gasteiger partial charge in [0.15, 0.2) is 0 Å². The summed E-state index contributed by atoms with van der Waals surface area (Å²) >= 11 is 0. The summed E-state index contributed by atoms with van der Waals surface area (Å²) in [6, 6.07) is 11.2. The third-order valence-corrected chi connectivity index (χ3v) is 6.26. The maximum atomic E-state index is 13.2. The number of carbonyl (C=O) groups excluding carboxylic acids is 2. The summed E-state index contributed by atoms with van der Waals surface area (Å²) in [7, 11) is -3.90. The Labute approximate surface area is 162 Å². The van der Waals surface area contributed by atoms with E-state index in [-0.39, 0.29) is 36.0 Å². The molecular formula is C19H20FN3O4S. The van der Waals surface area contributed by atoms with Gasteiger partial charge in [0.1, 0.15) is 5.82 Å². The Bertz CT molecular complexity index is 992. The van der Waals surface area contributed by atoms with Crippen molar-refractivity contribution < 1.29 is 22.4 Å². The third-order valence-electron chi connectivity index (χ3n) is 4.42. The van der Waals surface area contributed by atoms with Crippen LogP contribution in [-0.2, 0) is 14.8 Å². The quantitative estimate of drug-likeness (QED) is 0.819. The molecule has 0 unspecified atom stereocenters. The zero-order chi connectivity index (χ0) is 20.3. The van der Waals surface area contributed by atoms with Crippen LogP contribution >= 0.6 is 0 Å². The lowest BCUT2D eigenvalue weighted by molar-refractivity contribution is -0.122. The first-order valence-corrected chi connectivity index (χ1v) is 10.2. The van der Waals surface area contributed by atoms with Crippen molar-refractivity contribution in [3.8, 4) is 0 Å². The third kappa shape index (κ3) is 4.05. The molecule has 9 heteroatoms. The predicted molar refractivity (Wildman–Crippen MR) is 102 cm³/mol. The van der Waals surface area contributed by atoms with Crippen LogP contribution in [0.1, 0.15) is 17.3 Å². The summed E-state index contributed by atoms with van der Waals surface area (Å²) in [6.07, 6.45) is 0. The Morgan fingerprint density at radius 2 is 1.93 bits per heavy atom. The van der Waals surface area contributed by atoms with Crippen molar-refractivity contribution in [3.63, 3.8) is 0 Å². The minimum atomic E-state index is -3.90. The summed E-state index contributed by atoms with van der Waals surface area (Å²) in [5.74, 6) is -1.18. The van der Waals surface area contributed by atoms with E-state index in [2.05, 4.69) is 5.32 Å². The van der Waals surface area contributed by atoms with Gasteiger partial charge in [0, 0.05) is 30.9 Å². The highest BCUT2D eigenvalue weighted by atomic mass is 32.2. The molecular weight excluding hydrogens is 385 g/mol. The Balaban J connectivity index is 1.90. The summed E-state index contributed by atoms with van der Waals surface area (Å²) in [6.45, 7) is 2.26. The van der Waals surface area contributed by atoms with Crippen LogP contribution in [0.5, 0.6) is 0 Å². The molecule has 0 bridgehead atoms. The highest BCUT2D eigenvalue weighted by Gasteiger charge is 2.30. The Morgan fingerprint density at radius 1 is 1.21 bits per heavy atom. The molecule has 0 spiro atoms. The highest BCUT2D eigenvalue weighted by molar-refractivity contribution is 7.89. The number of carbonyl (C=O) groups is 2. The van der Waals surface area contributed by atoms with Crippen LogP contribution in [0.2, 0.25) is 0 Å². The van der Waals surface area contributed by atoms with E-state index in [1.807, 2.05) is 0 Å². The number of rotatable bonds is 5. The van der Waals surface area contributed by atoms with Gasteiger partial charge in [-0.1, -0.05) is 6.07 Å². The van der Waals surface area contributed by atoms with Crippen LogP contribution in [0.25, 0.3) is 0 Å². The fourth-order valence-corrected chi connectivity index (χ4v) is 4.42. The van der Waals surface area contributed by atoms with Crippen molar-refractivity contribution in [1.82, 2.24) is 9.62 Å². The van der Waals surface area contributed by atoms with Gasteiger partial charge in [0.2, 0.25) is 15.9 Å². The molecule has 7 nitrogen and oxygen atoms in total. The number of piperazine rings is 1. The highest BCUT2D eigenvalue weighted by Crippen LogP contribution is 2.21. The van der Waals surface area contributed by atoms with E-state index in [9.17, 15) is 22.4 Å². The molecule has 1 aliphatic rings. The number of nitrogens with one attached hydrogen (secondary N) is 1. The zero-order valence-corrected chi connectivity index (χ0v) is 16.1. The van der Waals surface area contributed by atoms with Gasteiger partial charge in [-0.3, -0.25) is 9.59 Å². The van der Waals surface area contributed by atoms with Crippen LogP contribution in [-0.4, -0.2) is 50.7 Å². The lowest BCUT2D eigenvalue weighted by atomic mass is 10.2. The second kappa shape index (κ2) is 8.07. The van der Waals surface area contributed by atoms with Crippen molar-refractivity contribution in [2.24, 2.45) is 0 Å². The molecule has 0 atom stereocenters. The molecule has 0 radical (unpaired) electrons. The fourth-order valence-electron chi connectivity index (χ4n) is 2.98. The van der Waals surface area contributed by atoms with Gasteiger partial charge in [-0.2, -0.15) is 4.31 Å². The van der Waals surface area contributed by atoms with Crippen LogP contribution < -0.4 is 10.2 Å². The van der Waals surface area contributed by atoms with Gasteiger partial charge in [0.25, 0.3) is 5.91 Å². The van der Waals surface area contributed by atoms with Crippen molar-refractivity contribution >= 4 is 27.5 Å². The molecule has 1 heterocycles. The molecule has 1 fully saturated rings. The van der Waals surface area contributed by atoms with E-state index >= 15 is 0 Å². The van der Waals surface area contributed by atoms with Crippen molar-refractivity contribution in [2.75, 3.05) is 31.1 Å². The Kier molecular flexibility index (Phi) is 5.76. The SMILES string of the molecule is CCN(C(=O)c1cccc(S(=O)(=O)N2CCNC(=O)C2)c1)c1ccc(F)cc1. The number of halogens is 1. The lowest BCUT2D eigenvalue weighted by Gasteiger charge is -2.26. The molecule has 1 saturated heterocycles. The molecule has 0 aliphatic carbocycles. The molecule has 148 valence electrons. The molecule has 2 aromatic carbocycles. The molecule has 3 rings (SSSR count). The zero-order valence-electron chi connectivity index (χ0n) is 15.3. The fraction of sp³-hybridized carbons (Fsp3) is 0.263. The average molecular weight is 405 g/mol. The second-order valence-corrected chi connectivity index (χ2v) is 8.18. The van der Waals surface area contributed by atoms with Crippen molar-refractivity contribution in [1.29, 1.82) is 0 Å². The second-order valence-electron chi connectivity index (χ2n) is 6.24. The smallest absolute Gasteiger partial charge is 0.258 e. The lowest BCUT2D eigenvalue weighted by Crippen LogP contribution is -2.49. The largest absolute Gasteiger partial charge is 0.354 e. The number of anilines is 1. The number of sulfonamides is 1. The van der Waals surface area contributed by atoms with Crippen LogP contribution in [0.4, 0.5) is 10.1 Å². The van der Waals surface area contributed by atoms with Crippen LogP contribution in [0.15, 0.2) is 53.4 Å². The number of hydrogen-bond acceptors (Lipinski definition) is 4. The van der Waals surface area contributed by atoms with Crippen LogP contribution in [0, 0.1) is 5.82 Å². The van der Waals surface area contributed by atoms with E-state index in [4.69, 9.17) is 0 Å². The maximum Gasteiger partial charge on any atom is 0.258 e. The number of benzene rings is 2. The maximum absolute atomic E-state index is 13.2. The molecule has 2 amide bonds. The van der Waals surface area contributed by atoms with E-state index in [1.165, 1.54) is 53.4 Å². The van der Waals surface area contributed by atoms with Crippen molar-refractivity contribution in [3.05, 3.63) is 59.9 Å². The Hall–Kier alpha value is -2.78. The van der Waals surface area contributed by atoms with Gasteiger partial charge in [0.05, 0.1) is 11.4 Å². The molecule has 0 aromatic heterocycles. The monoisotopic (exact) mass is 405 g/mol. The molecule has 1 aliphatic heterocycles. The first-order chi connectivity index (χ1) is 13.3. The molecule has 1 N–H and O–H groups in total. The van der Waals surface area contributed by atoms with Crippen molar-refractivity contribution in [2.45, 2.75) is 11.8 Å². The van der Waals surface area contributed by atoms with Gasteiger partial charge >= 0.3 is 0 Å². The summed E-state index contributed by atoms with van der Waals surface area (Å²) < 4.78 is 39.9. The molecule has 2 aromatic rings. The minimum Gasteiger partial charge on any atom is -0.354 e. The number of hydrogen-bond donors (Lipinski definition) is 1. The predicted octanol–water partition coefficient (Wildman–Crippen LogP) is 1.61. The van der Waals surface area contributed by atoms with E-state index < -0.39 is 21.7 Å². The topological polar surface area (TPSA) is 86.8 Å². The number of nitrogens with zero attached hydrogens (tertiary/aromatic N) is 2. The van der Waals surface area contributed by atoms with E-state index in [0.29, 0.717) is 12.2 Å². The summed E-state index contributed by atoms with van der Waals surface area (Å²) in [5.41, 5.74) is 0.698. The Morgan fingerprint density at radius 3 is 2.57 bits per heavy atom. The first kappa shape index (κ1) is 20.0. The molecule has 28 heavy (non-hydrogen) atoms. The summed E-state index contributed by atoms with van der Waals surface area (Å²) in [4.78, 5) is 25.8. The average Bonchev–Trinajstić information content (AvgIpc) is 2.70. The van der Waals surface area contributed by atoms with E-state index in [0.717, 1.165) is 4.31 Å². The standard InChI is InChI=1S/C19H20FN3O4S/c1-2-23(16-8-6-15(20)7-9-16)19(25)14-4-3-5-17(12-14)28(26,27)22-11-10-21-18(24)13-22/h3-9,12H,2,10-11,13H2,1H3,(H,21,24). The number of amides is 2. The summed E-state index contributed by atoms with van der Waals surface area (Å²) in [5, 5.41) is 2.58. The molecule has 0 saturated carbocycles. The van der Waals surface area contributed by atoms with Gasteiger partial charge in [-0.05, 0) is 49.4 Å². The van der Waals surface area contributed by atoms with Gasteiger partial charge < -0.3 is 10.2 Å². The van der Waals surface area contributed by atoms with Gasteiger partial charge in [-0.15, -0.1) is 0 Å². The normalized spacial score (nSPS) is 15.1.